The molecule has 0 radical (unpaired) electrons. The van der Waals surface area contributed by atoms with Crippen molar-refractivity contribution in [1.29, 1.82) is 0 Å². The van der Waals surface area contributed by atoms with E-state index in [0.717, 1.165) is 0 Å². The van der Waals surface area contributed by atoms with Crippen LogP contribution in [-0.2, 0) is 9.53 Å². The molecule has 0 saturated carbocycles. The molecule has 1 heterocycles. The number of amides is 1. The summed E-state index contributed by atoms with van der Waals surface area (Å²) in [7, 11) is 0. The lowest BCUT2D eigenvalue weighted by molar-refractivity contribution is -0.130. The van der Waals surface area contributed by atoms with Crippen LogP contribution in [0, 0.1) is 5.41 Å². The second-order valence-corrected chi connectivity index (χ2v) is 4.93. The highest BCUT2D eigenvalue weighted by atomic mass is 16.5. The Morgan fingerprint density at radius 1 is 1.25 bits per heavy atom. The highest BCUT2D eigenvalue weighted by Crippen LogP contribution is 2.30. The molecule has 0 bridgehead atoms. The van der Waals surface area contributed by atoms with Gasteiger partial charge in [-0.3, -0.25) is 4.79 Å². The summed E-state index contributed by atoms with van der Waals surface area (Å²) in [5.74, 6) is -1.13. The van der Waals surface area contributed by atoms with E-state index in [9.17, 15) is 9.59 Å². The normalized spacial score (nSPS) is 17.4. The van der Waals surface area contributed by atoms with E-state index < -0.39 is 11.4 Å². The van der Waals surface area contributed by atoms with Crippen LogP contribution in [0.5, 0.6) is 0 Å². The Labute approximate surface area is 116 Å². The zero-order valence-corrected chi connectivity index (χ0v) is 11.1. The average molecular weight is 278 g/mol. The number of carbonyl (C=O) groups excluding carboxylic acids is 1. The van der Waals surface area contributed by atoms with Gasteiger partial charge in [-0.2, -0.15) is 0 Å². The second kappa shape index (κ2) is 6.02. The van der Waals surface area contributed by atoms with Crippen LogP contribution < -0.4 is 11.1 Å². The van der Waals surface area contributed by atoms with Crippen LogP contribution in [0.25, 0.3) is 0 Å². The van der Waals surface area contributed by atoms with Crippen LogP contribution in [0.2, 0.25) is 0 Å². The molecule has 6 heteroatoms. The first-order chi connectivity index (χ1) is 9.57. The van der Waals surface area contributed by atoms with Crippen molar-refractivity contribution < 1.29 is 19.4 Å². The van der Waals surface area contributed by atoms with E-state index in [4.69, 9.17) is 15.6 Å². The predicted octanol–water partition coefficient (Wildman–Crippen LogP) is 1.08. The topological polar surface area (TPSA) is 102 Å². The molecule has 2 rings (SSSR count). The van der Waals surface area contributed by atoms with Crippen molar-refractivity contribution in [2.24, 2.45) is 11.1 Å². The van der Waals surface area contributed by atoms with Gasteiger partial charge >= 0.3 is 5.97 Å². The number of anilines is 1. The molecule has 0 aliphatic carbocycles. The Kier molecular flexibility index (Phi) is 4.36. The minimum Gasteiger partial charge on any atom is -0.478 e. The van der Waals surface area contributed by atoms with Gasteiger partial charge in [-0.05, 0) is 37.1 Å². The maximum Gasteiger partial charge on any atom is 0.335 e. The van der Waals surface area contributed by atoms with E-state index in [1.165, 1.54) is 12.1 Å². The zero-order valence-electron chi connectivity index (χ0n) is 11.1. The number of nitrogens with one attached hydrogen (secondary N) is 1. The Balaban J connectivity index is 2.08. The second-order valence-electron chi connectivity index (χ2n) is 4.93. The highest BCUT2D eigenvalue weighted by molar-refractivity contribution is 5.96. The molecule has 1 aliphatic heterocycles. The van der Waals surface area contributed by atoms with Gasteiger partial charge in [0.1, 0.15) is 0 Å². The number of carboxylic acid groups (broad SMARTS) is 1. The van der Waals surface area contributed by atoms with E-state index in [-0.39, 0.29) is 18.0 Å². The Hall–Kier alpha value is -1.92. The van der Waals surface area contributed by atoms with E-state index in [1.54, 1.807) is 12.1 Å². The molecular weight excluding hydrogens is 260 g/mol. The molecule has 0 unspecified atom stereocenters. The number of rotatable bonds is 4. The van der Waals surface area contributed by atoms with Gasteiger partial charge in [0.05, 0.1) is 11.0 Å². The highest BCUT2D eigenvalue weighted by Gasteiger charge is 2.38. The van der Waals surface area contributed by atoms with Crippen molar-refractivity contribution in [2.45, 2.75) is 12.8 Å². The van der Waals surface area contributed by atoms with Crippen molar-refractivity contribution in [2.75, 3.05) is 25.1 Å². The number of benzene rings is 1. The molecular formula is C14H18N2O4. The summed E-state index contributed by atoms with van der Waals surface area (Å²) in [6.45, 7) is 1.33. The lowest BCUT2D eigenvalue weighted by atomic mass is 9.79. The number of aromatic carboxylic acids is 1. The minimum absolute atomic E-state index is 0.133. The summed E-state index contributed by atoms with van der Waals surface area (Å²) in [4.78, 5) is 23.1. The van der Waals surface area contributed by atoms with Crippen LogP contribution in [0.3, 0.4) is 0 Å². The minimum atomic E-state index is -0.995. The van der Waals surface area contributed by atoms with Gasteiger partial charge in [0.2, 0.25) is 5.91 Å². The molecule has 1 saturated heterocycles. The fourth-order valence-corrected chi connectivity index (χ4v) is 2.25. The summed E-state index contributed by atoms with van der Waals surface area (Å²) in [5, 5.41) is 11.6. The lowest BCUT2D eigenvalue weighted by Crippen LogP contribution is -2.46. The molecule has 1 aliphatic rings. The molecule has 4 N–H and O–H groups in total. The van der Waals surface area contributed by atoms with Crippen molar-refractivity contribution in [1.82, 2.24) is 0 Å². The van der Waals surface area contributed by atoms with E-state index in [1.807, 2.05) is 0 Å². The largest absolute Gasteiger partial charge is 0.478 e. The molecule has 1 aromatic carbocycles. The summed E-state index contributed by atoms with van der Waals surface area (Å²) in [5.41, 5.74) is 5.92. The smallest absolute Gasteiger partial charge is 0.335 e. The van der Waals surface area contributed by atoms with Gasteiger partial charge in [-0.25, -0.2) is 4.79 Å². The number of hydrogen-bond donors (Lipinski definition) is 3. The third-order valence-electron chi connectivity index (χ3n) is 3.71. The molecule has 20 heavy (non-hydrogen) atoms. The van der Waals surface area contributed by atoms with Crippen molar-refractivity contribution in [3.8, 4) is 0 Å². The average Bonchev–Trinajstić information content (AvgIpc) is 2.48. The van der Waals surface area contributed by atoms with Crippen molar-refractivity contribution >= 4 is 17.6 Å². The Bertz CT molecular complexity index is 492. The van der Waals surface area contributed by atoms with Gasteiger partial charge in [-0.15, -0.1) is 0 Å². The van der Waals surface area contributed by atoms with Gasteiger partial charge < -0.3 is 20.9 Å². The number of hydrogen-bond acceptors (Lipinski definition) is 4. The summed E-state index contributed by atoms with van der Waals surface area (Å²) in [6.07, 6.45) is 1.20. The molecule has 1 amide bonds. The van der Waals surface area contributed by atoms with Crippen molar-refractivity contribution in [3.05, 3.63) is 29.8 Å². The van der Waals surface area contributed by atoms with Crippen LogP contribution >= 0.6 is 0 Å². The predicted molar refractivity (Wildman–Crippen MR) is 73.6 cm³/mol. The molecule has 1 aromatic rings. The van der Waals surface area contributed by atoms with E-state index in [2.05, 4.69) is 5.32 Å². The SMILES string of the molecule is NCC1(C(=O)Nc2ccc(C(=O)O)cc2)CCOCC1. The quantitative estimate of drug-likeness (QED) is 0.765. The first-order valence-electron chi connectivity index (χ1n) is 6.50. The van der Waals surface area contributed by atoms with Gasteiger partial charge in [0, 0.05) is 25.4 Å². The molecule has 0 spiro atoms. The molecule has 1 fully saturated rings. The van der Waals surface area contributed by atoms with Crippen molar-refractivity contribution in [3.63, 3.8) is 0 Å². The summed E-state index contributed by atoms with van der Waals surface area (Å²) >= 11 is 0. The van der Waals surface area contributed by atoms with Gasteiger partial charge in [0.15, 0.2) is 0 Å². The number of ether oxygens (including phenoxy) is 1. The first kappa shape index (κ1) is 14.5. The standard InChI is InChI=1S/C14H18N2O4/c15-9-14(5-7-20-8-6-14)13(19)16-11-3-1-10(2-4-11)12(17)18/h1-4H,5-9,15H2,(H,16,19)(H,17,18). The zero-order chi connectivity index (χ0) is 14.6. The van der Waals surface area contributed by atoms with E-state index in [0.29, 0.717) is 31.7 Å². The molecule has 108 valence electrons. The summed E-state index contributed by atoms with van der Waals surface area (Å²) in [6, 6.07) is 6.06. The van der Waals surface area contributed by atoms with Gasteiger partial charge in [-0.1, -0.05) is 0 Å². The molecule has 0 aromatic heterocycles. The lowest BCUT2D eigenvalue weighted by Gasteiger charge is -2.34. The number of nitrogens with two attached hydrogens (primary N) is 1. The fraction of sp³-hybridized carbons (Fsp3) is 0.429. The maximum absolute atomic E-state index is 12.4. The monoisotopic (exact) mass is 278 g/mol. The van der Waals surface area contributed by atoms with Gasteiger partial charge in [0.25, 0.3) is 0 Å². The first-order valence-corrected chi connectivity index (χ1v) is 6.50. The third-order valence-corrected chi connectivity index (χ3v) is 3.71. The number of carbonyl (C=O) groups is 2. The Morgan fingerprint density at radius 2 is 1.85 bits per heavy atom. The molecule has 6 nitrogen and oxygen atoms in total. The van der Waals surface area contributed by atoms with Crippen LogP contribution in [0.1, 0.15) is 23.2 Å². The van der Waals surface area contributed by atoms with Crippen LogP contribution in [0.15, 0.2) is 24.3 Å². The Morgan fingerprint density at radius 3 is 2.35 bits per heavy atom. The number of carboxylic acids is 1. The fourth-order valence-electron chi connectivity index (χ4n) is 2.25. The van der Waals surface area contributed by atoms with Crippen LogP contribution in [-0.4, -0.2) is 36.7 Å². The maximum atomic E-state index is 12.4. The third kappa shape index (κ3) is 2.97. The van der Waals surface area contributed by atoms with E-state index >= 15 is 0 Å². The van der Waals surface area contributed by atoms with Crippen LogP contribution in [0.4, 0.5) is 5.69 Å². The summed E-state index contributed by atoms with van der Waals surface area (Å²) < 4.78 is 5.27. The molecule has 0 atom stereocenters.